The van der Waals surface area contributed by atoms with E-state index in [1.807, 2.05) is 71.3 Å². The molecule has 1 heterocycles. The number of carbonyl (C=O) groups is 2. The molecule has 34 heavy (non-hydrogen) atoms. The predicted molar refractivity (Wildman–Crippen MR) is 134 cm³/mol. The highest BCUT2D eigenvalue weighted by Crippen LogP contribution is 2.26. The van der Waals surface area contributed by atoms with Gasteiger partial charge in [0.05, 0.1) is 18.6 Å². The van der Waals surface area contributed by atoms with Crippen LogP contribution < -0.4 is 10.1 Å². The van der Waals surface area contributed by atoms with Crippen LogP contribution in [-0.2, 0) is 11.2 Å². The molecule has 0 unspecified atom stereocenters. The molecular weight excluding hydrogens is 448 g/mol. The predicted octanol–water partition coefficient (Wildman–Crippen LogP) is 4.47. The number of carbonyl (C=O) groups excluding carboxylic acids is 2. The van der Waals surface area contributed by atoms with Crippen molar-refractivity contribution in [2.45, 2.75) is 24.9 Å². The maximum absolute atomic E-state index is 13.0. The first kappa shape index (κ1) is 23.5. The molecule has 0 atom stereocenters. The number of benzene rings is 3. The van der Waals surface area contributed by atoms with E-state index in [0.717, 1.165) is 34.5 Å². The Morgan fingerprint density at radius 2 is 1.82 bits per heavy atom. The number of hydrogen-bond donors (Lipinski definition) is 1. The number of aryl methyl sites for hydroxylation is 1. The molecule has 0 saturated carbocycles. The van der Waals surface area contributed by atoms with Gasteiger partial charge in [-0.25, -0.2) is 0 Å². The van der Waals surface area contributed by atoms with Crippen LogP contribution in [0.1, 0.15) is 29.5 Å². The third kappa shape index (κ3) is 5.63. The molecule has 0 radical (unpaired) electrons. The number of nitrogens with one attached hydrogen (secondary N) is 1. The van der Waals surface area contributed by atoms with Crippen molar-refractivity contribution in [3.8, 4) is 11.4 Å². The molecule has 4 aromatic rings. The number of Topliss-reactive ketones (excluding diaryl/α,β-unsaturated/α-hetero) is 1. The van der Waals surface area contributed by atoms with Crippen LogP contribution in [0.5, 0.6) is 5.75 Å². The van der Waals surface area contributed by atoms with Crippen LogP contribution in [0, 0.1) is 0 Å². The number of fused-ring (bicyclic) bond motifs is 1. The normalized spacial score (nSPS) is 10.9. The highest BCUT2D eigenvalue weighted by molar-refractivity contribution is 7.99. The summed E-state index contributed by atoms with van der Waals surface area (Å²) in [6, 6.07) is 21.4. The van der Waals surface area contributed by atoms with Gasteiger partial charge in [0.1, 0.15) is 11.6 Å². The van der Waals surface area contributed by atoms with Crippen molar-refractivity contribution in [3.05, 3.63) is 78.1 Å². The minimum absolute atomic E-state index is 0.0307. The minimum Gasteiger partial charge on any atom is -0.497 e. The van der Waals surface area contributed by atoms with Crippen LogP contribution >= 0.6 is 11.8 Å². The quantitative estimate of drug-likeness (QED) is 0.207. The summed E-state index contributed by atoms with van der Waals surface area (Å²) in [5.74, 6) is 1.70. The molecule has 0 aliphatic rings. The Bertz CT molecular complexity index is 1320. The molecular formula is C26H26N4O3S. The molecule has 0 spiro atoms. The van der Waals surface area contributed by atoms with Gasteiger partial charge in [0.15, 0.2) is 10.9 Å². The maximum atomic E-state index is 13.0. The third-order valence-corrected chi connectivity index (χ3v) is 6.30. The summed E-state index contributed by atoms with van der Waals surface area (Å²) in [4.78, 5) is 24.1. The molecule has 1 N–H and O–H groups in total. The van der Waals surface area contributed by atoms with Crippen LogP contribution in [0.25, 0.3) is 16.5 Å². The fourth-order valence-corrected chi connectivity index (χ4v) is 4.52. The SMILES string of the molecule is COc1cccc(-n2c(CCCNC(C)=O)nnc2SCC(=O)c2ccc3ccccc3c2)c1. The number of ether oxygens (including phenoxy) is 1. The first-order valence-electron chi connectivity index (χ1n) is 11.0. The summed E-state index contributed by atoms with van der Waals surface area (Å²) >= 11 is 1.36. The van der Waals surface area contributed by atoms with Gasteiger partial charge in [0.25, 0.3) is 0 Å². The average molecular weight is 475 g/mol. The maximum Gasteiger partial charge on any atom is 0.216 e. The van der Waals surface area contributed by atoms with Crippen LogP contribution in [0.3, 0.4) is 0 Å². The van der Waals surface area contributed by atoms with Gasteiger partial charge in [-0.3, -0.25) is 14.2 Å². The first-order chi connectivity index (χ1) is 16.5. The third-order valence-electron chi connectivity index (χ3n) is 5.37. The van der Waals surface area contributed by atoms with Crippen LogP contribution in [0.4, 0.5) is 0 Å². The molecule has 0 saturated heterocycles. The lowest BCUT2D eigenvalue weighted by Gasteiger charge is -2.11. The van der Waals surface area contributed by atoms with Crippen molar-refractivity contribution < 1.29 is 14.3 Å². The number of ketones is 1. The van der Waals surface area contributed by atoms with E-state index in [9.17, 15) is 9.59 Å². The van der Waals surface area contributed by atoms with Crippen molar-refractivity contribution >= 4 is 34.2 Å². The van der Waals surface area contributed by atoms with Crippen molar-refractivity contribution in [1.82, 2.24) is 20.1 Å². The molecule has 0 bridgehead atoms. The highest BCUT2D eigenvalue weighted by Gasteiger charge is 2.17. The molecule has 3 aromatic carbocycles. The van der Waals surface area contributed by atoms with E-state index in [1.54, 1.807) is 7.11 Å². The number of aromatic nitrogens is 3. The molecule has 174 valence electrons. The van der Waals surface area contributed by atoms with Gasteiger partial charge in [-0.1, -0.05) is 54.2 Å². The number of hydrogen-bond acceptors (Lipinski definition) is 6. The Morgan fingerprint density at radius 1 is 1.00 bits per heavy atom. The van der Waals surface area contributed by atoms with E-state index in [1.165, 1.54) is 18.7 Å². The largest absolute Gasteiger partial charge is 0.497 e. The van der Waals surface area contributed by atoms with E-state index in [0.29, 0.717) is 23.7 Å². The molecule has 1 aromatic heterocycles. The van der Waals surface area contributed by atoms with E-state index in [-0.39, 0.29) is 17.4 Å². The lowest BCUT2D eigenvalue weighted by atomic mass is 10.1. The second-order valence-electron chi connectivity index (χ2n) is 7.80. The smallest absolute Gasteiger partial charge is 0.216 e. The van der Waals surface area contributed by atoms with Gasteiger partial charge in [-0.2, -0.15) is 0 Å². The highest BCUT2D eigenvalue weighted by atomic mass is 32.2. The fraction of sp³-hybridized carbons (Fsp3) is 0.231. The summed E-state index contributed by atoms with van der Waals surface area (Å²) in [6.07, 6.45) is 1.35. The summed E-state index contributed by atoms with van der Waals surface area (Å²) in [6.45, 7) is 2.06. The topological polar surface area (TPSA) is 86.1 Å². The second kappa shape index (κ2) is 11.0. The number of rotatable bonds is 10. The van der Waals surface area contributed by atoms with Crippen molar-refractivity contribution in [2.24, 2.45) is 0 Å². The van der Waals surface area contributed by atoms with Crippen molar-refractivity contribution in [1.29, 1.82) is 0 Å². The molecule has 7 nitrogen and oxygen atoms in total. The fourth-order valence-electron chi connectivity index (χ4n) is 3.65. The summed E-state index contributed by atoms with van der Waals surface area (Å²) in [7, 11) is 1.62. The van der Waals surface area contributed by atoms with Gasteiger partial charge in [0, 0.05) is 31.5 Å². The van der Waals surface area contributed by atoms with Gasteiger partial charge in [-0.05, 0) is 35.4 Å². The van der Waals surface area contributed by atoms with Crippen LogP contribution in [0.2, 0.25) is 0 Å². The zero-order valence-electron chi connectivity index (χ0n) is 19.2. The lowest BCUT2D eigenvalue weighted by molar-refractivity contribution is -0.118. The van der Waals surface area contributed by atoms with Gasteiger partial charge in [0.2, 0.25) is 5.91 Å². The summed E-state index contributed by atoms with van der Waals surface area (Å²) in [5, 5.41) is 14.3. The number of amides is 1. The molecule has 0 aliphatic heterocycles. The van der Waals surface area contributed by atoms with Crippen LogP contribution in [-0.4, -0.2) is 45.9 Å². The minimum atomic E-state index is -0.0577. The Morgan fingerprint density at radius 3 is 2.62 bits per heavy atom. The monoisotopic (exact) mass is 474 g/mol. The van der Waals surface area contributed by atoms with Crippen LogP contribution in [0.15, 0.2) is 71.9 Å². The molecule has 0 fully saturated rings. The van der Waals surface area contributed by atoms with Crippen molar-refractivity contribution in [3.63, 3.8) is 0 Å². The zero-order chi connectivity index (χ0) is 23.9. The molecule has 0 aliphatic carbocycles. The van der Waals surface area contributed by atoms with E-state index >= 15 is 0 Å². The van der Waals surface area contributed by atoms with E-state index in [2.05, 4.69) is 15.5 Å². The standard InChI is InChI=1S/C26H26N4O3S/c1-18(31)27-14-6-11-25-28-29-26(30(25)22-9-5-10-23(16-22)33-2)34-17-24(32)21-13-12-19-7-3-4-8-20(19)15-21/h3-5,7-10,12-13,15-16H,6,11,14,17H2,1-2H3,(H,27,31). The molecule has 8 heteroatoms. The molecule has 1 amide bonds. The Hall–Kier alpha value is -3.65. The van der Waals surface area contributed by atoms with Gasteiger partial charge < -0.3 is 10.1 Å². The Labute approximate surface area is 202 Å². The first-order valence-corrected chi connectivity index (χ1v) is 12.0. The zero-order valence-corrected chi connectivity index (χ0v) is 20.0. The Balaban J connectivity index is 1.54. The second-order valence-corrected chi connectivity index (χ2v) is 8.74. The average Bonchev–Trinajstić information content (AvgIpc) is 3.27. The van der Waals surface area contributed by atoms with E-state index < -0.39 is 0 Å². The summed E-state index contributed by atoms with van der Waals surface area (Å²) in [5.41, 5.74) is 1.54. The number of thioether (sulfide) groups is 1. The summed E-state index contributed by atoms with van der Waals surface area (Å²) < 4.78 is 7.34. The van der Waals surface area contributed by atoms with Crippen molar-refractivity contribution in [2.75, 3.05) is 19.4 Å². The lowest BCUT2D eigenvalue weighted by Crippen LogP contribution is -2.21. The van der Waals surface area contributed by atoms with Gasteiger partial charge >= 0.3 is 0 Å². The van der Waals surface area contributed by atoms with Gasteiger partial charge in [-0.15, -0.1) is 10.2 Å². The number of methoxy groups -OCH3 is 1. The van der Waals surface area contributed by atoms with E-state index in [4.69, 9.17) is 4.74 Å². The number of nitrogens with zero attached hydrogens (tertiary/aromatic N) is 3. The molecule has 4 rings (SSSR count). The Kier molecular flexibility index (Phi) is 7.59.